The molecule has 0 bridgehead atoms. The molecule has 100 valence electrons. The van der Waals surface area contributed by atoms with Crippen LogP contribution in [0.4, 0.5) is 5.69 Å². The third-order valence-electron chi connectivity index (χ3n) is 4.32. The minimum Gasteiger partial charge on any atom is -0.426 e. The molecular weight excluding hydrogens is 250 g/mol. The maximum Gasteiger partial charge on any atom is 0.317 e. The number of para-hydroxylation sites is 2. The molecule has 0 saturated heterocycles. The normalized spacial score (nSPS) is 23.4. The number of nitrogens with zero attached hydrogens (tertiary/aromatic N) is 1. The predicted molar refractivity (Wildman–Crippen MR) is 77.1 cm³/mol. The second-order valence-corrected chi connectivity index (χ2v) is 5.48. The van der Waals surface area contributed by atoms with Gasteiger partial charge >= 0.3 is 5.97 Å². The van der Waals surface area contributed by atoms with Crippen molar-refractivity contribution < 1.29 is 9.53 Å². The van der Waals surface area contributed by atoms with E-state index in [0.29, 0.717) is 12.3 Å². The van der Waals surface area contributed by atoms with Crippen LogP contribution >= 0.6 is 0 Å². The summed E-state index contributed by atoms with van der Waals surface area (Å²) in [6.45, 7) is 0.703. The average Bonchev–Trinajstić information content (AvgIpc) is 2.48. The SMILES string of the molecule is CN1CC2C(=O)Oc3ccccc3C2c2ccccc21. The molecule has 2 atom stereocenters. The number of hydrogen-bond donors (Lipinski definition) is 0. The van der Waals surface area contributed by atoms with Crippen molar-refractivity contribution in [2.75, 3.05) is 18.5 Å². The smallest absolute Gasteiger partial charge is 0.317 e. The minimum absolute atomic E-state index is 0.111. The Hall–Kier alpha value is -2.29. The number of benzene rings is 2. The van der Waals surface area contributed by atoms with E-state index in [1.54, 1.807) is 0 Å². The van der Waals surface area contributed by atoms with Gasteiger partial charge in [0.25, 0.3) is 0 Å². The van der Waals surface area contributed by atoms with Crippen molar-refractivity contribution in [1.82, 2.24) is 0 Å². The standard InChI is InChI=1S/C17H15NO2/c1-18-10-13-16(11-6-2-4-8-14(11)18)12-7-3-5-9-15(12)20-17(13)19/h2-9,13,16H,10H2,1H3. The highest BCUT2D eigenvalue weighted by Gasteiger charge is 2.43. The number of esters is 1. The highest BCUT2D eigenvalue weighted by molar-refractivity contribution is 5.83. The zero-order chi connectivity index (χ0) is 13.7. The van der Waals surface area contributed by atoms with Crippen LogP contribution in [0.3, 0.4) is 0 Å². The number of carbonyl (C=O) groups excluding carboxylic acids is 1. The molecule has 0 radical (unpaired) electrons. The van der Waals surface area contributed by atoms with Gasteiger partial charge in [-0.25, -0.2) is 0 Å². The summed E-state index contributed by atoms with van der Waals surface area (Å²) in [5.41, 5.74) is 3.55. The molecular formula is C17H15NO2. The number of rotatable bonds is 0. The van der Waals surface area contributed by atoms with Crippen molar-refractivity contribution in [3.63, 3.8) is 0 Å². The lowest BCUT2D eigenvalue weighted by molar-refractivity contribution is -0.140. The molecule has 0 spiro atoms. The molecule has 3 heteroatoms. The van der Waals surface area contributed by atoms with Crippen LogP contribution in [0, 0.1) is 5.92 Å². The van der Waals surface area contributed by atoms with Crippen LogP contribution in [0.1, 0.15) is 17.0 Å². The van der Waals surface area contributed by atoms with Gasteiger partial charge in [-0.2, -0.15) is 0 Å². The van der Waals surface area contributed by atoms with Crippen LogP contribution in [-0.2, 0) is 4.79 Å². The van der Waals surface area contributed by atoms with Crippen LogP contribution < -0.4 is 9.64 Å². The number of hydrogen-bond acceptors (Lipinski definition) is 3. The van der Waals surface area contributed by atoms with E-state index >= 15 is 0 Å². The molecule has 0 saturated carbocycles. The van der Waals surface area contributed by atoms with E-state index in [1.807, 2.05) is 37.4 Å². The highest BCUT2D eigenvalue weighted by atomic mass is 16.5. The van der Waals surface area contributed by atoms with E-state index in [0.717, 1.165) is 5.56 Å². The van der Waals surface area contributed by atoms with Crippen LogP contribution in [-0.4, -0.2) is 19.6 Å². The van der Waals surface area contributed by atoms with Crippen molar-refractivity contribution in [3.8, 4) is 5.75 Å². The molecule has 20 heavy (non-hydrogen) atoms. The van der Waals surface area contributed by atoms with Crippen LogP contribution in [0.15, 0.2) is 48.5 Å². The molecule has 0 aliphatic carbocycles. The average molecular weight is 265 g/mol. The lowest BCUT2D eigenvalue weighted by atomic mass is 9.75. The Labute approximate surface area is 117 Å². The van der Waals surface area contributed by atoms with Gasteiger partial charge in [0.1, 0.15) is 5.75 Å². The predicted octanol–water partition coefficient (Wildman–Crippen LogP) is 2.80. The Kier molecular flexibility index (Phi) is 2.36. The summed E-state index contributed by atoms with van der Waals surface area (Å²) in [4.78, 5) is 14.4. The topological polar surface area (TPSA) is 29.5 Å². The van der Waals surface area contributed by atoms with Gasteiger partial charge in [-0.15, -0.1) is 0 Å². The Bertz CT molecular complexity index is 695. The zero-order valence-corrected chi connectivity index (χ0v) is 11.2. The number of ether oxygens (including phenoxy) is 1. The Morgan fingerprint density at radius 2 is 1.75 bits per heavy atom. The molecule has 2 aromatic carbocycles. The summed E-state index contributed by atoms with van der Waals surface area (Å²) in [5, 5.41) is 0. The maximum atomic E-state index is 12.3. The van der Waals surface area contributed by atoms with Crippen LogP contribution in [0.25, 0.3) is 0 Å². The van der Waals surface area contributed by atoms with Crippen molar-refractivity contribution in [2.45, 2.75) is 5.92 Å². The summed E-state index contributed by atoms with van der Waals surface area (Å²) in [5.74, 6) is 0.581. The quantitative estimate of drug-likeness (QED) is 0.542. The van der Waals surface area contributed by atoms with Crippen LogP contribution in [0.2, 0.25) is 0 Å². The summed E-state index contributed by atoms with van der Waals surface area (Å²) in [7, 11) is 2.03. The van der Waals surface area contributed by atoms with Gasteiger partial charge in [-0.05, 0) is 17.7 Å². The number of carbonyl (C=O) groups is 1. The molecule has 4 rings (SSSR count). The third-order valence-corrected chi connectivity index (χ3v) is 4.32. The number of anilines is 1. The van der Waals surface area contributed by atoms with Gasteiger partial charge in [0.15, 0.2) is 0 Å². The molecule has 2 aromatic rings. The zero-order valence-electron chi connectivity index (χ0n) is 11.2. The lowest BCUT2D eigenvalue weighted by Gasteiger charge is -2.41. The first-order chi connectivity index (χ1) is 9.75. The molecule has 2 aliphatic heterocycles. The number of fused-ring (bicyclic) bond motifs is 5. The molecule has 3 nitrogen and oxygen atoms in total. The summed E-state index contributed by atoms with van der Waals surface area (Å²) < 4.78 is 5.50. The lowest BCUT2D eigenvalue weighted by Crippen LogP contribution is -2.43. The Balaban J connectivity index is 1.96. The minimum atomic E-state index is -0.121. The van der Waals surface area contributed by atoms with E-state index < -0.39 is 0 Å². The second-order valence-electron chi connectivity index (χ2n) is 5.48. The van der Waals surface area contributed by atoms with E-state index in [-0.39, 0.29) is 17.8 Å². The second kappa shape index (κ2) is 4.10. The van der Waals surface area contributed by atoms with Gasteiger partial charge < -0.3 is 9.64 Å². The largest absolute Gasteiger partial charge is 0.426 e. The van der Waals surface area contributed by atoms with Crippen molar-refractivity contribution in [2.24, 2.45) is 5.92 Å². The van der Waals surface area contributed by atoms with Crippen molar-refractivity contribution in [3.05, 3.63) is 59.7 Å². The first-order valence-electron chi connectivity index (χ1n) is 6.86. The van der Waals surface area contributed by atoms with E-state index in [9.17, 15) is 4.79 Å². The molecule has 0 amide bonds. The van der Waals surface area contributed by atoms with E-state index in [4.69, 9.17) is 4.74 Å². The first-order valence-corrected chi connectivity index (χ1v) is 6.86. The Morgan fingerprint density at radius 3 is 2.60 bits per heavy atom. The monoisotopic (exact) mass is 265 g/mol. The fourth-order valence-electron chi connectivity index (χ4n) is 3.42. The molecule has 0 N–H and O–H groups in total. The highest BCUT2D eigenvalue weighted by Crippen LogP contribution is 2.47. The van der Waals surface area contributed by atoms with E-state index in [2.05, 4.69) is 23.1 Å². The molecule has 2 heterocycles. The fraction of sp³-hybridized carbons (Fsp3) is 0.235. The van der Waals surface area contributed by atoms with Gasteiger partial charge in [0.2, 0.25) is 0 Å². The van der Waals surface area contributed by atoms with E-state index in [1.165, 1.54) is 11.3 Å². The van der Waals surface area contributed by atoms with Gasteiger partial charge in [-0.3, -0.25) is 4.79 Å². The molecule has 2 aliphatic rings. The Morgan fingerprint density at radius 1 is 1.05 bits per heavy atom. The van der Waals surface area contributed by atoms with Crippen molar-refractivity contribution >= 4 is 11.7 Å². The fourth-order valence-corrected chi connectivity index (χ4v) is 3.42. The van der Waals surface area contributed by atoms with Crippen LogP contribution in [0.5, 0.6) is 5.75 Å². The maximum absolute atomic E-state index is 12.3. The summed E-state index contributed by atoms with van der Waals surface area (Å²) in [6, 6.07) is 16.2. The van der Waals surface area contributed by atoms with Gasteiger partial charge in [0.05, 0.1) is 5.92 Å². The molecule has 2 unspecified atom stereocenters. The van der Waals surface area contributed by atoms with Gasteiger partial charge in [0, 0.05) is 30.8 Å². The summed E-state index contributed by atoms with van der Waals surface area (Å²) in [6.07, 6.45) is 0. The molecule has 0 fully saturated rings. The van der Waals surface area contributed by atoms with Crippen molar-refractivity contribution in [1.29, 1.82) is 0 Å². The molecule has 0 aromatic heterocycles. The third kappa shape index (κ3) is 1.49. The first kappa shape index (κ1) is 11.5. The van der Waals surface area contributed by atoms with Gasteiger partial charge in [-0.1, -0.05) is 36.4 Å². The summed E-state index contributed by atoms with van der Waals surface area (Å²) >= 11 is 0.